The van der Waals surface area contributed by atoms with Crippen LogP contribution in [0.15, 0.2) is 29.3 Å². The number of rotatable bonds is 2. The fraction of sp³-hybridized carbons (Fsp3) is 0.333. The molecule has 0 fully saturated rings. The fourth-order valence-electron chi connectivity index (χ4n) is 2.26. The Kier molecular flexibility index (Phi) is 2.90. The molecule has 16 heavy (non-hydrogen) atoms. The molecule has 0 spiro atoms. The Morgan fingerprint density at radius 2 is 2.12 bits per heavy atom. The van der Waals surface area contributed by atoms with Crippen LogP contribution in [-0.4, -0.2) is 11.9 Å². The summed E-state index contributed by atoms with van der Waals surface area (Å²) in [5.41, 5.74) is 12.9. The molecule has 1 aliphatic rings. The smallest absolute Gasteiger partial charge is 0.249 e. The molecule has 1 atom stereocenters. The predicted molar refractivity (Wildman–Crippen MR) is 62.9 cm³/mol. The molecule has 4 nitrogen and oxygen atoms in total. The first-order valence-electron chi connectivity index (χ1n) is 5.37. The fourth-order valence-corrected chi connectivity index (χ4v) is 2.26. The minimum absolute atomic E-state index is 0.156. The van der Waals surface area contributed by atoms with Crippen LogP contribution in [-0.2, 0) is 11.2 Å². The number of carbonyl (C=O) groups excluding carboxylic acids is 1. The Hall–Kier alpha value is -1.84. The zero-order chi connectivity index (χ0) is 11.5. The minimum atomic E-state index is -0.235. The first-order valence-corrected chi connectivity index (χ1v) is 5.37. The van der Waals surface area contributed by atoms with E-state index in [9.17, 15) is 4.79 Å². The predicted octanol–water partition coefficient (Wildman–Crippen LogP) is 0.906. The van der Waals surface area contributed by atoms with Crippen LogP contribution in [0.3, 0.4) is 0 Å². The number of aliphatic imine (C=N–C) groups is 1. The van der Waals surface area contributed by atoms with E-state index < -0.39 is 0 Å². The lowest BCUT2D eigenvalue weighted by Gasteiger charge is -2.08. The van der Waals surface area contributed by atoms with Gasteiger partial charge in [0.15, 0.2) is 5.96 Å². The van der Waals surface area contributed by atoms with Crippen LogP contribution >= 0.6 is 0 Å². The summed E-state index contributed by atoms with van der Waals surface area (Å²) in [6.07, 6.45) is 2.44. The molecule has 0 saturated heterocycles. The van der Waals surface area contributed by atoms with Gasteiger partial charge in [0.2, 0.25) is 5.91 Å². The van der Waals surface area contributed by atoms with Crippen molar-refractivity contribution in [1.29, 1.82) is 0 Å². The van der Waals surface area contributed by atoms with Gasteiger partial charge in [0, 0.05) is 6.42 Å². The number of aryl methyl sites for hydroxylation is 1. The molecular weight excluding hydrogens is 202 g/mol. The van der Waals surface area contributed by atoms with Crippen molar-refractivity contribution in [2.24, 2.45) is 16.5 Å². The van der Waals surface area contributed by atoms with E-state index >= 15 is 0 Å². The largest absolute Gasteiger partial charge is 0.370 e. The Labute approximate surface area is 94.4 Å². The molecule has 0 aliphatic heterocycles. The summed E-state index contributed by atoms with van der Waals surface area (Å²) in [6, 6.07) is 8.22. The van der Waals surface area contributed by atoms with Gasteiger partial charge in [-0.25, -0.2) is 0 Å². The summed E-state index contributed by atoms with van der Waals surface area (Å²) >= 11 is 0. The molecule has 0 bridgehead atoms. The second-order valence-electron chi connectivity index (χ2n) is 4.07. The van der Waals surface area contributed by atoms with Crippen molar-refractivity contribution >= 4 is 11.9 Å². The normalized spacial score (nSPS) is 17.9. The van der Waals surface area contributed by atoms with Gasteiger partial charge >= 0.3 is 0 Å². The van der Waals surface area contributed by atoms with Crippen LogP contribution in [0.25, 0.3) is 0 Å². The third-order valence-electron chi connectivity index (χ3n) is 2.93. The number of benzene rings is 1. The van der Waals surface area contributed by atoms with E-state index in [0.717, 1.165) is 12.8 Å². The van der Waals surface area contributed by atoms with Gasteiger partial charge < -0.3 is 11.5 Å². The van der Waals surface area contributed by atoms with E-state index in [-0.39, 0.29) is 17.8 Å². The monoisotopic (exact) mass is 217 g/mol. The van der Waals surface area contributed by atoms with E-state index in [1.54, 1.807) is 0 Å². The van der Waals surface area contributed by atoms with E-state index in [1.165, 1.54) is 11.1 Å². The summed E-state index contributed by atoms with van der Waals surface area (Å²) < 4.78 is 0. The molecule has 84 valence electrons. The standard InChI is InChI=1S/C12H15N3O/c13-12(14)15-11(16)7-9-6-5-8-3-1-2-4-10(8)9/h1-4,9H,5-7H2,(H4,13,14,15,16). The summed E-state index contributed by atoms with van der Waals surface area (Å²) in [7, 11) is 0. The van der Waals surface area contributed by atoms with Crippen molar-refractivity contribution in [2.75, 3.05) is 0 Å². The number of nitrogens with zero attached hydrogens (tertiary/aromatic N) is 1. The molecule has 2 rings (SSSR count). The third kappa shape index (κ3) is 2.21. The lowest BCUT2D eigenvalue weighted by Crippen LogP contribution is -2.24. The Balaban J connectivity index is 2.09. The van der Waals surface area contributed by atoms with Crippen molar-refractivity contribution in [3.8, 4) is 0 Å². The van der Waals surface area contributed by atoms with Gasteiger partial charge in [0.25, 0.3) is 0 Å². The van der Waals surface area contributed by atoms with E-state index in [1.807, 2.05) is 12.1 Å². The second-order valence-corrected chi connectivity index (χ2v) is 4.07. The molecule has 0 aromatic heterocycles. The molecular formula is C12H15N3O. The number of hydrogen-bond donors (Lipinski definition) is 2. The molecule has 1 aromatic rings. The van der Waals surface area contributed by atoms with Crippen molar-refractivity contribution in [3.05, 3.63) is 35.4 Å². The zero-order valence-electron chi connectivity index (χ0n) is 9.02. The van der Waals surface area contributed by atoms with Crippen molar-refractivity contribution < 1.29 is 4.79 Å². The van der Waals surface area contributed by atoms with E-state index in [4.69, 9.17) is 11.5 Å². The van der Waals surface area contributed by atoms with Crippen LogP contribution < -0.4 is 11.5 Å². The number of hydrogen-bond acceptors (Lipinski definition) is 1. The van der Waals surface area contributed by atoms with Gasteiger partial charge in [-0.1, -0.05) is 24.3 Å². The van der Waals surface area contributed by atoms with Crippen molar-refractivity contribution in [3.63, 3.8) is 0 Å². The third-order valence-corrected chi connectivity index (χ3v) is 2.93. The summed E-state index contributed by atoms with van der Waals surface area (Å²) in [4.78, 5) is 15.0. The first kappa shape index (κ1) is 10.7. The van der Waals surface area contributed by atoms with Gasteiger partial charge in [-0.15, -0.1) is 0 Å². The lowest BCUT2D eigenvalue weighted by atomic mass is 9.98. The van der Waals surface area contributed by atoms with E-state index in [0.29, 0.717) is 6.42 Å². The van der Waals surface area contributed by atoms with Gasteiger partial charge in [-0.2, -0.15) is 4.99 Å². The van der Waals surface area contributed by atoms with Gasteiger partial charge in [-0.3, -0.25) is 4.79 Å². The summed E-state index contributed by atoms with van der Waals surface area (Å²) in [6.45, 7) is 0. The Morgan fingerprint density at radius 3 is 2.88 bits per heavy atom. The van der Waals surface area contributed by atoms with Gasteiger partial charge in [0.05, 0.1) is 0 Å². The Morgan fingerprint density at radius 1 is 1.38 bits per heavy atom. The maximum absolute atomic E-state index is 11.5. The van der Waals surface area contributed by atoms with Crippen LogP contribution in [0.1, 0.15) is 29.9 Å². The van der Waals surface area contributed by atoms with Crippen LogP contribution in [0.2, 0.25) is 0 Å². The summed E-state index contributed by atoms with van der Waals surface area (Å²) in [5.74, 6) is -0.121. The maximum atomic E-state index is 11.5. The maximum Gasteiger partial charge on any atom is 0.249 e. The average molecular weight is 217 g/mol. The average Bonchev–Trinajstić information content (AvgIpc) is 2.61. The molecule has 0 radical (unpaired) electrons. The zero-order valence-corrected chi connectivity index (χ0v) is 9.02. The highest BCUT2D eigenvalue weighted by Gasteiger charge is 2.23. The highest BCUT2D eigenvalue weighted by molar-refractivity contribution is 5.91. The number of amides is 1. The van der Waals surface area contributed by atoms with Gasteiger partial charge in [-0.05, 0) is 29.9 Å². The molecule has 0 saturated carbocycles. The minimum Gasteiger partial charge on any atom is -0.370 e. The Bertz CT molecular complexity index is 436. The number of guanidine groups is 1. The number of carbonyl (C=O) groups is 1. The molecule has 1 unspecified atom stereocenters. The molecule has 1 aromatic carbocycles. The molecule has 1 aliphatic carbocycles. The van der Waals surface area contributed by atoms with Crippen LogP contribution in [0.4, 0.5) is 0 Å². The molecule has 1 amide bonds. The van der Waals surface area contributed by atoms with Crippen LogP contribution in [0, 0.1) is 0 Å². The SMILES string of the molecule is NC(N)=NC(=O)CC1CCc2ccccc21. The molecule has 0 heterocycles. The van der Waals surface area contributed by atoms with Gasteiger partial charge in [0.1, 0.15) is 0 Å². The van der Waals surface area contributed by atoms with E-state index in [2.05, 4.69) is 17.1 Å². The summed E-state index contributed by atoms with van der Waals surface area (Å²) in [5, 5.41) is 0. The number of nitrogens with two attached hydrogens (primary N) is 2. The first-order chi connectivity index (χ1) is 7.66. The van der Waals surface area contributed by atoms with Crippen LogP contribution in [0.5, 0.6) is 0 Å². The lowest BCUT2D eigenvalue weighted by molar-refractivity contribution is -0.118. The second kappa shape index (κ2) is 4.35. The highest BCUT2D eigenvalue weighted by atomic mass is 16.1. The highest BCUT2D eigenvalue weighted by Crippen LogP contribution is 2.35. The quantitative estimate of drug-likeness (QED) is 0.570. The molecule has 4 N–H and O–H groups in total. The topological polar surface area (TPSA) is 81.5 Å². The van der Waals surface area contributed by atoms with Crippen molar-refractivity contribution in [2.45, 2.75) is 25.2 Å². The van der Waals surface area contributed by atoms with Crippen molar-refractivity contribution in [1.82, 2.24) is 0 Å². The molecule has 4 heteroatoms. The number of fused-ring (bicyclic) bond motifs is 1.